The molecule has 1 saturated carbocycles. The zero-order valence-electron chi connectivity index (χ0n) is 17.2. The van der Waals surface area contributed by atoms with Crippen LogP contribution >= 0.6 is 11.8 Å². The van der Waals surface area contributed by atoms with Crippen molar-refractivity contribution in [3.63, 3.8) is 0 Å². The topological polar surface area (TPSA) is 26.0 Å². The maximum absolute atomic E-state index is 5.72. The average molecular weight is 412 g/mol. The van der Waals surface area contributed by atoms with E-state index in [4.69, 9.17) is 4.52 Å². The highest BCUT2D eigenvalue weighted by atomic mass is 32.2. The fourth-order valence-electron chi connectivity index (χ4n) is 3.81. The largest absolute Gasteiger partial charge is 0.356 e. The van der Waals surface area contributed by atoms with Crippen LogP contribution < -0.4 is 0 Å². The number of benzene rings is 3. The Balaban J connectivity index is 1.30. The van der Waals surface area contributed by atoms with E-state index in [1.807, 2.05) is 18.7 Å². The summed E-state index contributed by atoms with van der Waals surface area (Å²) < 4.78 is 5.72. The molecule has 0 unspecified atom stereocenters. The van der Waals surface area contributed by atoms with Crippen LogP contribution in [0.1, 0.15) is 41.1 Å². The van der Waals surface area contributed by atoms with Crippen LogP contribution in [-0.2, 0) is 11.5 Å². The molecule has 5 rings (SSSR count). The van der Waals surface area contributed by atoms with Gasteiger partial charge in [0.2, 0.25) is 0 Å². The fourth-order valence-corrected chi connectivity index (χ4v) is 4.88. The van der Waals surface area contributed by atoms with E-state index in [-0.39, 0.29) is 0 Å². The van der Waals surface area contributed by atoms with Crippen LogP contribution in [0.15, 0.2) is 83.4 Å². The normalized spacial score (nSPS) is 13.5. The van der Waals surface area contributed by atoms with Gasteiger partial charge in [-0.1, -0.05) is 84.0 Å². The predicted octanol–water partition coefficient (Wildman–Crippen LogP) is 7.63. The highest BCUT2D eigenvalue weighted by Gasteiger charge is 2.23. The zero-order chi connectivity index (χ0) is 20.3. The van der Waals surface area contributed by atoms with Crippen molar-refractivity contribution < 1.29 is 4.52 Å². The molecule has 0 N–H and O–H groups in total. The lowest BCUT2D eigenvalue weighted by atomic mass is 10.00. The van der Waals surface area contributed by atoms with E-state index in [1.54, 1.807) is 0 Å². The molecule has 30 heavy (non-hydrogen) atoms. The standard InChI is InChI=1S/C27H25NOS/c1-19-26(18-30-17-20-5-3-2-4-6-20)27(29-28-19)25-15-13-24(14-16-25)23-11-9-22(10-12-23)21-7-8-21/h2-6,9-16,21H,7-8,17-18H2,1H3. The first-order chi connectivity index (χ1) is 14.8. The molecule has 1 heterocycles. The van der Waals surface area contributed by atoms with E-state index in [9.17, 15) is 0 Å². The third-order valence-corrected chi connectivity index (χ3v) is 6.81. The van der Waals surface area contributed by atoms with Gasteiger partial charge in [-0.2, -0.15) is 11.8 Å². The Morgan fingerprint density at radius 1 is 0.800 bits per heavy atom. The summed E-state index contributed by atoms with van der Waals surface area (Å²) in [4.78, 5) is 0. The van der Waals surface area contributed by atoms with Gasteiger partial charge in [-0.15, -0.1) is 0 Å². The second-order valence-corrected chi connectivity index (χ2v) is 9.01. The molecule has 0 atom stereocenters. The van der Waals surface area contributed by atoms with Gasteiger partial charge >= 0.3 is 0 Å². The lowest BCUT2D eigenvalue weighted by Crippen LogP contribution is -1.88. The molecule has 150 valence electrons. The minimum Gasteiger partial charge on any atom is -0.356 e. The van der Waals surface area contributed by atoms with Crippen LogP contribution in [0.2, 0.25) is 0 Å². The molecule has 0 saturated heterocycles. The molecular weight excluding hydrogens is 386 g/mol. The summed E-state index contributed by atoms with van der Waals surface area (Å²) in [5, 5.41) is 4.24. The van der Waals surface area contributed by atoms with E-state index < -0.39 is 0 Å². The second kappa shape index (κ2) is 8.53. The fraction of sp³-hybridized carbons (Fsp3) is 0.222. The van der Waals surface area contributed by atoms with Crippen LogP contribution in [-0.4, -0.2) is 5.16 Å². The van der Waals surface area contributed by atoms with Crippen LogP contribution in [0.5, 0.6) is 0 Å². The molecule has 0 aliphatic heterocycles. The summed E-state index contributed by atoms with van der Waals surface area (Å²) >= 11 is 1.90. The number of nitrogens with zero attached hydrogens (tertiary/aromatic N) is 1. The highest BCUT2D eigenvalue weighted by molar-refractivity contribution is 7.97. The van der Waals surface area contributed by atoms with Gasteiger partial charge in [0.15, 0.2) is 5.76 Å². The van der Waals surface area contributed by atoms with Gasteiger partial charge < -0.3 is 4.52 Å². The van der Waals surface area contributed by atoms with Crippen molar-refractivity contribution in [2.24, 2.45) is 0 Å². The van der Waals surface area contributed by atoms with Gasteiger partial charge in [0.25, 0.3) is 0 Å². The smallest absolute Gasteiger partial charge is 0.171 e. The average Bonchev–Trinajstić information content (AvgIpc) is 3.59. The van der Waals surface area contributed by atoms with Crippen LogP contribution in [0, 0.1) is 6.92 Å². The number of aromatic nitrogens is 1. The van der Waals surface area contributed by atoms with E-state index in [1.165, 1.54) is 40.7 Å². The minimum atomic E-state index is 0.800. The van der Waals surface area contributed by atoms with Crippen LogP contribution in [0.4, 0.5) is 0 Å². The quantitative estimate of drug-likeness (QED) is 0.313. The number of hydrogen-bond acceptors (Lipinski definition) is 3. The van der Waals surface area contributed by atoms with E-state index in [2.05, 4.69) is 84.0 Å². The van der Waals surface area contributed by atoms with E-state index in [0.29, 0.717) is 0 Å². The molecule has 4 aromatic rings. The van der Waals surface area contributed by atoms with Crippen molar-refractivity contribution in [2.75, 3.05) is 0 Å². The van der Waals surface area contributed by atoms with Crippen molar-refractivity contribution in [1.29, 1.82) is 0 Å². The van der Waals surface area contributed by atoms with Crippen LogP contribution in [0.25, 0.3) is 22.5 Å². The summed E-state index contributed by atoms with van der Waals surface area (Å²) in [6.45, 7) is 2.03. The van der Waals surface area contributed by atoms with E-state index >= 15 is 0 Å². The Hall–Kier alpha value is -2.78. The maximum Gasteiger partial charge on any atom is 0.171 e. The number of aryl methyl sites for hydroxylation is 1. The van der Waals surface area contributed by atoms with Gasteiger partial charge in [0, 0.05) is 22.6 Å². The summed E-state index contributed by atoms with van der Waals surface area (Å²) in [5.41, 5.74) is 8.57. The first kappa shape index (κ1) is 19.2. The van der Waals surface area contributed by atoms with Gasteiger partial charge in [0.1, 0.15) is 0 Å². The molecule has 0 radical (unpaired) electrons. The van der Waals surface area contributed by atoms with E-state index in [0.717, 1.165) is 34.4 Å². The van der Waals surface area contributed by atoms with Crippen molar-refractivity contribution >= 4 is 11.8 Å². The molecule has 3 aromatic carbocycles. The van der Waals surface area contributed by atoms with Gasteiger partial charge in [-0.3, -0.25) is 0 Å². The molecule has 0 amide bonds. The first-order valence-corrected chi connectivity index (χ1v) is 11.7. The second-order valence-electron chi connectivity index (χ2n) is 8.03. The molecule has 0 bridgehead atoms. The summed E-state index contributed by atoms with van der Waals surface area (Å²) in [7, 11) is 0. The molecule has 3 heteroatoms. The van der Waals surface area contributed by atoms with Crippen molar-refractivity contribution in [3.05, 3.63) is 101 Å². The number of rotatable bonds is 7. The Bertz CT molecular complexity index is 1110. The minimum absolute atomic E-state index is 0.800. The Morgan fingerprint density at radius 2 is 1.43 bits per heavy atom. The summed E-state index contributed by atoms with van der Waals surface area (Å²) in [5.74, 6) is 3.57. The lowest BCUT2D eigenvalue weighted by Gasteiger charge is -2.06. The summed E-state index contributed by atoms with van der Waals surface area (Å²) in [6.07, 6.45) is 2.69. The molecule has 1 aliphatic carbocycles. The molecular formula is C27H25NOS. The molecule has 1 aromatic heterocycles. The predicted molar refractivity (Wildman–Crippen MR) is 126 cm³/mol. The van der Waals surface area contributed by atoms with Crippen molar-refractivity contribution in [2.45, 2.75) is 37.2 Å². The Labute approximate surface area is 182 Å². The SMILES string of the molecule is Cc1noc(-c2ccc(-c3ccc(C4CC4)cc3)cc2)c1CSCc1ccccc1. The lowest BCUT2D eigenvalue weighted by molar-refractivity contribution is 0.427. The number of hydrogen-bond donors (Lipinski definition) is 0. The molecule has 2 nitrogen and oxygen atoms in total. The third-order valence-electron chi connectivity index (χ3n) is 5.78. The van der Waals surface area contributed by atoms with Gasteiger partial charge in [0.05, 0.1) is 5.69 Å². The van der Waals surface area contributed by atoms with Gasteiger partial charge in [-0.25, -0.2) is 0 Å². The molecule has 1 aliphatic rings. The van der Waals surface area contributed by atoms with Crippen molar-refractivity contribution in [3.8, 4) is 22.5 Å². The number of thioether (sulfide) groups is 1. The Kier molecular flexibility index (Phi) is 5.46. The van der Waals surface area contributed by atoms with Gasteiger partial charge in [-0.05, 0) is 47.9 Å². The first-order valence-electron chi connectivity index (χ1n) is 10.6. The Morgan fingerprint density at radius 3 is 2.10 bits per heavy atom. The highest BCUT2D eigenvalue weighted by Crippen LogP contribution is 2.40. The third kappa shape index (κ3) is 4.22. The zero-order valence-corrected chi connectivity index (χ0v) is 18.0. The molecule has 0 spiro atoms. The summed E-state index contributed by atoms with van der Waals surface area (Å²) in [6, 6.07) is 28.3. The molecule has 1 fully saturated rings. The van der Waals surface area contributed by atoms with Crippen molar-refractivity contribution in [1.82, 2.24) is 5.16 Å². The monoisotopic (exact) mass is 411 g/mol. The van der Waals surface area contributed by atoms with Crippen LogP contribution in [0.3, 0.4) is 0 Å². The maximum atomic E-state index is 5.72.